The summed E-state index contributed by atoms with van der Waals surface area (Å²) in [6.45, 7) is 2.71. The topological polar surface area (TPSA) is 87.8 Å². The van der Waals surface area contributed by atoms with Crippen molar-refractivity contribution >= 4 is 21.5 Å². The average Bonchev–Trinajstić information content (AvgIpc) is 3.86. The lowest BCUT2D eigenvalue weighted by Gasteiger charge is -2.10. The van der Waals surface area contributed by atoms with E-state index in [2.05, 4.69) is 9.97 Å². The highest BCUT2D eigenvalue weighted by molar-refractivity contribution is 5.86. The largest absolute Gasteiger partial charge is 0.491 e. The lowest BCUT2D eigenvalue weighted by molar-refractivity contribution is 0.263. The van der Waals surface area contributed by atoms with Gasteiger partial charge in [-0.05, 0) is 70.1 Å². The van der Waals surface area contributed by atoms with Crippen molar-refractivity contribution in [2.24, 2.45) is 0 Å². The fourth-order valence-corrected chi connectivity index (χ4v) is 4.07. The van der Waals surface area contributed by atoms with Crippen molar-refractivity contribution in [3.63, 3.8) is 0 Å². The van der Waals surface area contributed by atoms with Crippen LogP contribution < -0.4 is 18.9 Å². The molecule has 0 N–H and O–H groups in total. The van der Waals surface area contributed by atoms with E-state index in [-0.39, 0.29) is 18.2 Å². The summed E-state index contributed by atoms with van der Waals surface area (Å²) in [4.78, 5) is 8.67. The van der Waals surface area contributed by atoms with Gasteiger partial charge in [-0.2, -0.15) is 4.98 Å². The molecule has 38 heavy (non-hydrogen) atoms. The first-order valence-electron chi connectivity index (χ1n) is 12.5. The normalized spacial score (nSPS) is 17.8. The SMILES string of the molecule is c1cc(Oc2ccc3cc(OCC4CO4)ccc3c2)nc(Oc2ccc3cc(OCC4CO4)ccc3c2)n1. The van der Waals surface area contributed by atoms with Gasteiger partial charge >= 0.3 is 6.01 Å². The van der Waals surface area contributed by atoms with Crippen LogP contribution >= 0.6 is 0 Å². The number of benzene rings is 4. The van der Waals surface area contributed by atoms with Gasteiger partial charge in [0.1, 0.15) is 48.4 Å². The van der Waals surface area contributed by atoms with Crippen LogP contribution in [0.25, 0.3) is 21.5 Å². The van der Waals surface area contributed by atoms with Crippen LogP contribution in [0.2, 0.25) is 0 Å². The Morgan fingerprint density at radius 3 is 1.61 bits per heavy atom. The molecule has 1 aromatic heterocycles. The van der Waals surface area contributed by atoms with Crippen LogP contribution in [-0.4, -0.2) is 48.6 Å². The molecule has 2 aliphatic heterocycles. The van der Waals surface area contributed by atoms with Gasteiger partial charge in [0.2, 0.25) is 5.88 Å². The predicted octanol–water partition coefficient (Wildman–Crippen LogP) is 5.92. The van der Waals surface area contributed by atoms with Gasteiger partial charge < -0.3 is 28.4 Å². The second kappa shape index (κ2) is 9.81. The Morgan fingerprint density at radius 2 is 1.08 bits per heavy atom. The minimum atomic E-state index is 0.202. The molecule has 4 aromatic carbocycles. The van der Waals surface area contributed by atoms with E-state index in [1.807, 2.05) is 72.8 Å². The first-order valence-corrected chi connectivity index (χ1v) is 12.5. The molecule has 0 aliphatic carbocycles. The predicted molar refractivity (Wildman–Crippen MR) is 141 cm³/mol. The molecule has 0 bridgehead atoms. The molecule has 2 aliphatic rings. The maximum Gasteiger partial charge on any atom is 0.325 e. The smallest absolute Gasteiger partial charge is 0.325 e. The van der Waals surface area contributed by atoms with Gasteiger partial charge in [-0.1, -0.05) is 24.3 Å². The highest BCUT2D eigenvalue weighted by atomic mass is 16.6. The third kappa shape index (κ3) is 5.46. The summed E-state index contributed by atoms with van der Waals surface area (Å²) in [6.07, 6.45) is 2.06. The van der Waals surface area contributed by atoms with Gasteiger partial charge in [0.25, 0.3) is 0 Å². The second-order valence-corrected chi connectivity index (χ2v) is 9.26. The molecule has 2 saturated heterocycles. The van der Waals surface area contributed by atoms with Crippen LogP contribution in [0.1, 0.15) is 0 Å². The maximum atomic E-state index is 6.01. The first kappa shape index (κ1) is 22.8. The molecule has 2 fully saturated rings. The highest BCUT2D eigenvalue weighted by Gasteiger charge is 2.23. The van der Waals surface area contributed by atoms with Gasteiger partial charge in [-0.25, -0.2) is 4.98 Å². The second-order valence-electron chi connectivity index (χ2n) is 9.26. The van der Waals surface area contributed by atoms with Gasteiger partial charge in [0.05, 0.1) is 13.2 Å². The van der Waals surface area contributed by atoms with Crippen molar-refractivity contribution in [3.05, 3.63) is 85.1 Å². The Balaban J connectivity index is 1.02. The molecule has 0 spiro atoms. The molecule has 2 unspecified atom stereocenters. The van der Waals surface area contributed by atoms with Crippen molar-refractivity contribution in [3.8, 4) is 34.9 Å². The number of hydrogen-bond donors (Lipinski definition) is 0. The van der Waals surface area contributed by atoms with Gasteiger partial charge in [-0.15, -0.1) is 0 Å². The third-order valence-electron chi connectivity index (χ3n) is 6.28. The number of fused-ring (bicyclic) bond motifs is 2. The van der Waals surface area contributed by atoms with E-state index in [9.17, 15) is 0 Å². The molecular formula is C30H24N2O6. The quantitative estimate of drug-likeness (QED) is 0.215. The fraction of sp³-hybridized carbons (Fsp3) is 0.200. The van der Waals surface area contributed by atoms with Crippen LogP contribution in [0.5, 0.6) is 34.9 Å². The van der Waals surface area contributed by atoms with Crippen LogP contribution in [0.15, 0.2) is 85.1 Å². The minimum Gasteiger partial charge on any atom is -0.491 e. The number of nitrogens with zero attached hydrogens (tertiary/aromatic N) is 2. The Bertz CT molecular complexity index is 1500. The Labute approximate surface area is 218 Å². The number of aromatic nitrogens is 2. The van der Waals surface area contributed by atoms with Crippen molar-refractivity contribution in [2.75, 3.05) is 26.4 Å². The minimum absolute atomic E-state index is 0.202. The van der Waals surface area contributed by atoms with Gasteiger partial charge in [-0.3, -0.25) is 0 Å². The van der Waals surface area contributed by atoms with Gasteiger partial charge in [0.15, 0.2) is 0 Å². The zero-order chi connectivity index (χ0) is 25.3. The van der Waals surface area contributed by atoms with E-state index < -0.39 is 0 Å². The van der Waals surface area contributed by atoms with Crippen LogP contribution in [0.3, 0.4) is 0 Å². The Morgan fingerprint density at radius 1 is 0.605 bits per heavy atom. The lowest BCUT2D eigenvalue weighted by Crippen LogP contribution is -2.03. The molecule has 3 heterocycles. The van der Waals surface area contributed by atoms with Gasteiger partial charge in [0, 0.05) is 12.3 Å². The van der Waals surface area contributed by atoms with Crippen LogP contribution in [0, 0.1) is 0 Å². The van der Waals surface area contributed by atoms with Crippen LogP contribution in [-0.2, 0) is 9.47 Å². The molecule has 0 saturated carbocycles. The fourth-order valence-electron chi connectivity index (χ4n) is 4.07. The maximum absolute atomic E-state index is 6.01. The van der Waals surface area contributed by atoms with Crippen molar-refractivity contribution in [1.29, 1.82) is 0 Å². The summed E-state index contributed by atoms with van der Waals surface area (Å²) in [5, 5.41) is 4.17. The van der Waals surface area contributed by atoms with E-state index in [0.29, 0.717) is 30.6 Å². The van der Waals surface area contributed by atoms with Crippen molar-refractivity contribution < 1.29 is 28.4 Å². The molecule has 2 atom stereocenters. The molecule has 190 valence electrons. The summed E-state index contributed by atoms with van der Waals surface area (Å²) < 4.78 is 33.9. The zero-order valence-electron chi connectivity index (χ0n) is 20.4. The highest BCUT2D eigenvalue weighted by Crippen LogP contribution is 2.30. The molecule has 8 nitrogen and oxygen atoms in total. The molecule has 5 aromatic rings. The lowest BCUT2D eigenvalue weighted by atomic mass is 10.1. The average molecular weight is 509 g/mol. The van der Waals surface area contributed by atoms with Crippen molar-refractivity contribution in [2.45, 2.75) is 12.2 Å². The van der Waals surface area contributed by atoms with Crippen LogP contribution in [0.4, 0.5) is 0 Å². The van der Waals surface area contributed by atoms with E-state index in [1.165, 1.54) is 0 Å². The molecule has 7 rings (SSSR count). The van der Waals surface area contributed by atoms with E-state index in [1.54, 1.807) is 12.3 Å². The summed E-state index contributed by atoms with van der Waals surface area (Å²) >= 11 is 0. The Hall–Kier alpha value is -4.40. The number of epoxide rings is 2. The summed E-state index contributed by atoms with van der Waals surface area (Å²) in [6, 6.07) is 25.5. The third-order valence-corrected chi connectivity index (χ3v) is 6.28. The monoisotopic (exact) mass is 508 g/mol. The van der Waals surface area contributed by atoms with Crippen molar-refractivity contribution in [1.82, 2.24) is 9.97 Å². The Kier molecular flexibility index (Phi) is 5.88. The standard InChI is InChI=1S/C30H24N2O6/c1-5-23(33-15-27-17-35-27)11-19-3-7-25(13-21(1)19)37-29-9-10-31-30(32-29)38-26-8-4-20-12-24(6-2-22(20)14-26)34-16-28-18-36-28/h1-14,27-28H,15-18H2. The molecule has 8 heteroatoms. The first-order chi connectivity index (χ1) is 18.7. The van der Waals surface area contributed by atoms with E-state index in [0.717, 1.165) is 46.3 Å². The molecule has 0 amide bonds. The molecular weight excluding hydrogens is 484 g/mol. The van der Waals surface area contributed by atoms with E-state index >= 15 is 0 Å². The molecule has 0 radical (unpaired) electrons. The number of hydrogen-bond acceptors (Lipinski definition) is 8. The zero-order valence-corrected chi connectivity index (χ0v) is 20.4. The summed E-state index contributed by atoms with van der Waals surface area (Å²) in [7, 11) is 0. The summed E-state index contributed by atoms with van der Waals surface area (Å²) in [5.74, 6) is 3.33. The number of rotatable bonds is 10. The van der Waals surface area contributed by atoms with E-state index in [4.69, 9.17) is 28.4 Å². The number of ether oxygens (including phenoxy) is 6. The summed E-state index contributed by atoms with van der Waals surface area (Å²) in [5.41, 5.74) is 0.